The minimum absolute atomic E-state index is 0.183. The Hall–Kier alpha value is -2.92. The molecule has 0 radical (unpaired) electrons. The van der Waals surface area contributed by atoms with Crippen LogP contribution in [0.2, 0.25) is 5.02 Å². The van der Waals surface area contributed by atoms with Crippen LogP contribution < -0.4 is 11.1 Å². The molecule has 0 spiro atoms. The number of halogens is 1. The summed E-state index contributed by atoms with van der Waals surface area (Å²) in [6, 6.07) is 20.0. The summed E-state index contributed by atoms with van der Waals surface area (Å²) in [5.41, 5.74) is 9.44. The van der Waals surface area contributed by atoms with Gasteiger partial charge in [0.15, 0.2) is 5.82 Å². The van der Waals surface area contributed by atoms with Gasteiger partial charge in [0.1, 0.15) is 0 Å². The first kappa shape index (κ1) is 20.4. The van der Waals surface area contributed by atoms with Crippen molar-refractivity contribution in [2.45, 2.75) is 38.0 Å². The first-order valence-corrected chi connectivity index (χ1v) is 10.7. The van der Waals surface area contributed by atoms with Crippen molar-refractivity contribution >= 4 is 29.0 Å². The van der Waals surface area contributed by atoms with Gasteiger partial charge in [-0.05, 0) is 73.4 Å². The lowest BCUT2D eigenvalue weighted by Gasteiger charge is -2.28. The summed E-state index contributed by atoms with van der Waals surface area (Å²) in [4.78, 5) is 11.1. The molecule has 5 nitrogen and oxygen atoms in total. The lowest BCUT2D eigenvalue weighted by atomic mass is 9.77. The number of primary amides is 1. The summed E-state index contributed by atoms with van der Waals surface area (Å²) in [5, 5.41) is 12.5. The van der Waals surface area contributed by atoms with Gasteiger partial charge < -0.3 is 11.1 Å². The fraction of sp³-hybridized carbons (Fsp3) is 0.292. The Bertz CT molecular complexity index is 996. The molecule has 30 heavy (non-hydrogen) atoms. The summed E-state index contributed by atoms with van der Waals surface area (Å²) in [7, 11) is 0. The maximum Gasteiger partial charge on any atom is 0.217 e. The van der Waals surface area contributed by atoms with Crippen molar-refractivity contribution in [3.05, 3.63) is 71.2 Å². The van der Waals surface area contributed by atoms with Crippen molar-refractivity contribution in [2.24, 2.45) is 11.7 Å². The van der Waals surface area contributed by atoms with E-state index in [4.69, 9.17) is 17.3 Å². The fourth-order valence-electron chi connectivity index (χ4n) is 4.18. The van der Waals surface area contributed by atoms with Gasteiger partial charge in [-0.25, -0.2) is 0 Å². The minimum atomic E-state index is -0.183. The van der Waals surface area contributed by atoms with Crippen LogP contribution in [-0.4, -0.2) is 16.1 Å². The SMILES string of the molecule is NC(=O)C[C@H]1CC[C@H](c2ccc(-c3ccc(Nc4cccc(Cl)c4)nn3)cc2)CC1. The van der Waals surface area contributed by atoms with Gasteiger partial charge in [0.05, 0.1) is 5.69 Å². The highest BCUT2D eigenvalue weighted by molar-refractivity contribution is 6.30. The van der Waals surface area contributed by atoms with Crippen molar-refractivity contribution in [1.82, 2.24) is 10.2 Å². The number of nitrogens with zero attached hydrogens (tertiary/aromatic N) is 2. The van der Waals surface area contributed by atoms with E-state index in [1.807, 2.05) is 36.4 Å². The number of hydrogen-bond donors (Lipinski definition) is 2. The number of rotatable bonds is 6. The second-order valence-electron chi connectivity index (χ2n) is 7.95. The number of benzene rings is 2. The Balaban J connectivity index is 1.37. The molecule has 2 aromatic carbocycles. The van der Waals surface area contributed by atoms with Crippen molar-refractivity contribution in [1.29, 1.82) is 0 Å². The number of hydrogen-bond acceptors (Lipinski definition) is 4. The number of nitrogens with two attached hydrogens (primary N) is 1. The quantitative estimate of drug-likeness (QED) is 0.536. The topological polar surface area (TPSA) is 80.9 Å². The standard InChI is InChI=1S/C24H25ClN4O/c25-20-2-1-3-21(15-20)27-24-13-12-22(28-29-24)19-10-8-18(9-11-19)17-6-4-16(5-7-17)14-23(26)30/h1-3,8-13,15-17H,4-7,14H2,(H2,26,30)(H,27,29)/t16-,17-. The normalized spacial score (nSPS) is 18.7. The van der Waals surface area contributed by atoms with E-state index in [1.165, 1.54) is 5.56 Å². The summed E-state index contributed by atoms with van der Waals surface area (Å²) in [6.45, 7) is 0. The molecular weight excluding hydrogens is 396 g/mol. The Morgan fingerprint density at radius 2 is 1.77 bits per heavy atom. The molecule has 0 atom stereocenters. The monoisotopic (exact) mass is 420 g/mol. The highest BCUT2D eigenvalue weighted by Gasteiger charge is 2.23. The van der Waals surface area contributed by atoms with E-state index in [2.05, 4.69) is 39.8 Å². The average Bonchev–Trinajstić information content (AvgIpc) is 2.75. The number of anilines is 2. The lowest BCUT2D eigenvalue weighted by molar-refractivity contribution is -0.119. The molecule has 1 aliphatic carbocycles. The molecule has 154 valence electrons. The van der Waals surface area contributed by atoms with E-state index in [-0.39, 0.29) is 5.91 Å². The number of nitrogens with one attached hydrogen (secondary N) is 1. The van der Waals surface area contributed by atoms with Gasteiger partial charge in [-0.3, -0.25) is 4.79 Å². The predicted octanol–water partition coefficient (Wildman–Crippen LogP) is 5.69. The third-order valence-electron chi connectivity index (χ3n) is 5.78. The molecule has 3 N–H and O–H groups in total. The van der Waals surface area contributed by atoms with E-state index in [0.29, 0.717) is 29.1 Å². The lowest BCUT2D eigenvalue weighted by Crippen LogP contribution is -2.20. The molecule has 0 bridgehead atoms. The summed E-state index contributed by atoms with van der Waals surface area (Å²) < 4.78 is 0. The largest absolute Gasteiger partial charge is 0.370 e. The second-order valence-corrected chi connectivity index (χ2v) is 8.39. The first-order chi connectivity index (χ1) is 14.6. The third kappa shape index (κ3) is 5.16. The average molecular weight is 421 g/mol. The Morgan fingerprint density at radius 1 is 1.00 bits per heavy atom. The maximum atomic E-state index is 11.1. The number of carbonyl (C=O) groups is 1. The zero-order valence-corrected chi connectivity index (χ0v) is 17.5. The predicted molar refractivity (Wildman–Crippen MR) is 121 cm³/mol. The first-order valence-electron chi connectivity index (χ1n) is 10.3. The van der Waals surface area contributed by atoms with Crippen LogP contribution >= 0.6 is 11.6 Å². The van der Waals surface area contributed by atoms with Crippen molar-refractivity contribution in [3.63, 3.8) is 0 Å². The van der Waals surface area contributed by atoms with Crippen LogP contribution in [0.4, 0.5) is 11.5 Å². The molecule has 3 aromatic rings. The molecule has 1 fully saturated rings. The molecule has 6 heteroatoms. The Labute approximate surface area is 181 Å². The van der Waals surface area contributed by atoms with Gasteiger partial charge in [0.25, 0.3) is 0 Å². The molecule has 0 aliphatic heterocycles. The Kier molecular flexibility index (Phi) is 6.29. The van der Waals surface area contributed by atoms with Crippen LogP contribution in [0.3, 0.4) is 0 Å². The van der Waals surface area contributed by atoms with Gasteiger partial charge in [-0.2, -0.15) is 0 Å². The summed E-state index contributed by atoms with van der Waals surface area (Å²) >= 11 is 6.02. The molecule has 1 aliphatic rings. The number of amides is 1. The van der Waals surface area contributed by atoms with E-state index in [9.17, 15) is 4.79 Å². The summed E-state index contributed by atoms with van der Waals surface area (Å²) in [6.07, 6.45) is 4.89. The zero-order chi connectivity index (χ0) is 20.9. The molecule has 1 saturated carbocycles. The van der Waals surface area contributed by atoms with Gasteiger partial charge in [0.2, 0.25) is 5.91 Å². The van der Waals surface area contributed by atoms with Gasteiger partial charge in [-0.1, -0.05) is 41.9 Å². The van der Waals surface area contributed by atoms with Crippen LogP contribution in [0.15, 0.2) is 60.7 Å². The van der Waals surface area contributed by atoms with E-state index in [1.54, 1.807) is 0 Å². The third-order valence-corrected chi connectivity index (χ3v) is 6.01. The molecule has 4 rings (SSSR count). The van der Waals surface area contributed by atoms with Crippen molar-refractivity contribution < 1.29 is 4.79 Å². The number of aromatic nitrogens is 2. The smallest absolute Gasteiger partial charge is 0.217 e. The van der Waals surface area contributed by atoms with E-state index in [0.717, 1.165) is 42.6 Å². The van der Waals surface area contributed by atoms with Crippen LogP contribution in [0.5, 0.6) is 0 Å². The highest BCUT2D eigenvalue weighted by Crippen LogP contribution is 2.37. The maximum absolute atomic E-state index is 11.1. The fourth-order valence-corrected chi connectivity index (χ4v) is 4.37. The van der Waals surface area contributed by atoms with Gasteiger partial charge >= 0.3 is 0 Å². The van der Waals surface area contributed by atoms with E-state index < -0.39 is 0 Å². The van der Waals surface area contributed by atoms with Gasteiger partial charge in [-0.15, -0.1) is 10.2 Å². The molecule has 1 heterocycles. The minimum Gasteiger partial charge on any atom is -0.370 e. The second kappa shape index (κ2) is 9.26. The molecule has 1 aromatic heterocycles. The van der Waals surface area contributed by atoms with E-state index >= 15 is 0 Å². The van der Waals surface area contributed by atoms with Crippen LogP contribution in [0.1, 0.15) is 43.6 Å². The van der Waals surface area contributed by atoms with Crippen LogP contribution in [-0.2, 0) is 4.79 Å². The number of carbonyl (C=O) groups excluding carboxylic acids is 1. The highest BCUT2D eigenvalue weighted by atomic mass is 35.5. The van der Waals surface area contributed by atoms with Crippen molar-refractivity contribution in [3.8, 4) is 11.3 Å². The van der Waals surface area contributed by atoms with Gasteiger partial charge in [0, 0.05) is 22.7 Å². The zero-order valence-electron chi connectivity index (χ0n) is 16.7. The molecule has 1 amide bonds. The molecule has 0 saturated heterocycles. The Morgan fingerprint density at radius 3 is 2.40 bits per heavy atom. The van der Waals surface area contributed by atoms with Crippen molar-refractivity contribution in [2.75, 3.05) is 5.32 Å². The molecule has 0 unspecified atom stereocenters. The van der Waals surface area contributed by atoms with Crippen LogP contribution in [0, 0.1) is 5.92 Å². The van der Waals surface area contributed by atoms with Crippen LogP contribution in [0.25, 0.3) is 11.3 Å². The molecular formula is C24H25ClN4O. The summed E-state index contributed by atoms with van der Waals surface area (Å²) in [5.74, 6) is 1.49.